The maximum atomic E-state index is 5.81. The maximum absolute atomic E-state index is 5.81. The molecular formula is C17H28N2O. The Hall–Kier alpha value is -1.06. The summed E-state index contributed by atoms with van der Waals surface area (Å²) in [4.78, 5) is 2.57. The number of hydrogen-bond acceptors (Lipinski definition) is 3. The number of hydrogen-bond donors (Lipinski definition) is 1. The lowest BCUT2D eigenvalue weighted by atomic mass is 9.95. The zero-order valence-electron chi connectivity index (χ0n) is 12.7. The number of ether oxygens (including phenoxy) is 1. The van der Waals surface area contributed by atoms with E-state index in [9.17, 15) is 0 Å². The zero-order valence-corrected chi connectivity index (χ0v) is 12.7. The number of benzene rings is 1. The molecule has 0 radical (unpaired) electrons. The van der Waals surface area contributed by atoms with Crippen molar-refractivity contribution in [1.29, 1.82) is 0 Å². The van der Waals surface area contributed by atoms with Gasteiger partial charge in [0.2, 0.25) is 0 Å². The number of likely N-dealkylation sites (tertiary alicyclic amines) is 1. The van der Waals surface area contributed by atoms with Crippen molar-refractivity contribution in [2.45, 2.75) is 32.6 Å². The van der Waals surface area contributed by atoms with Crippen molar-refractivity contribution in [2.75, 3.05) is 32.8 Å². The zero-order chi connectivity index (χ0) is 14.2. The molecule has 1 fully saturated rings. The third-order valence-electron chi connectivity index (χ3n) is 4.05. The second kappa shape index (κ2) is 8.28. The van der Waals surface area contributed by atoms with Gasteiger partial charge in [-0.25, -0.2) is 0 Å². The Morgan fingerprint density at radius 1 is 1.40 bits per heavy atom. The molecule has 1 aliphatic rings. The number of rotatable bonds is 7. The van der Waals surface area contributed by atoms with E-state index in [1.54, 1.807) is 0 Å². The Morgan fingerprint density at radius 2 is 2.30 bits per heavy atom. The Labute approximate surface area is 123 Å². The summed E-state index contributed by atoms with van der Waals surface area (Å²) >= 11 is 0. The molecule has 2 N–H and O–H groups in total. The molecule has 112 valence electrons. The molecule has 0 aromatic heterocycles. The molecule has 20 heavy (non-hydrogen) atoms. The van der Waals surface area contributed by atoms with E-state index in [1.165, 1.54) is 37.9 Å². The Bertz CT molecular complexity index is 392. The minimum Gasteiger partial charge on any atom is -0.494 e. The fourth-order valence-corrected chi connectivity index (χ4v) is 3.01. The molecule has 0 amide bonds. The van der Waals surface area contributed by atoms with Gasteiger partial charge in [-0.15, -0.1) is 0 Å². The normalized spacial score (nSPS) is 20.0. The highest BCUT2D eigenvalue weighted by atomic mass is 16.5. The van der Waals surface area contributed by atoms with Crippen LogP contribution in [0.3, 0.4) is 0 Å². The molecule has 1 unspecified atom stereocenters. The number of nitrogens with zero attached hydrogens (tertiary/aromatic N) is 1. The van der Waals surface area contributed by atoms with Crippen molar-refractivity contribution in [3.05, 3.63) is 29.8 Å². The summed E-state index contributed by atoms with van der Waals surface area (Å²) in [5.74, 6) is 1.80. The molecule has 1 heterocycles. The average Bonchev–Trinajstić information content (AvgIpc) is 2.45. The largest absolute Gasteiger partial charge is 0.494 e. The first-order chi connectivity index (χ1) is 9.78. The Kier molecular flexibility index (Phi) is 6.34. The molecular weight excluding hydrogens is 248 g/mol. The summed E-state index contributed by atoms with van der Waals surface area (Å²) in [5, 5.41) is 0. The van der Waals surface area contributed by atoms with E-state index in [2.05, 4.69) is 24.0 Å². The van der Waals surface area contributed by atoms with Crippen LogP contribution in [0.15, 0.2) is 24.3 Å². The molecule has 1 saturated heterocycles. The van der Waals surface area contributed by atoms with Crippen molar-refractivity contribution in [2.24, 2.45) is 11.7 Å². The van der Waals surface area contributed by atoms with E-state index >= 15 is 0 Å². The second-order valence-corrected chi connectivity index (χ2v) is 5.90. The quantitative estimate of drug-likeness (QED) is 0.778. The summed E-state index contributed by atoms with van der Waals surface area (Å²) in [6, 6.07) is 8.27. The van der Waals surface area contributed by atoms with Gasteiger partial charge >= 0.3 is 0 Å². The van der Waals surface area contributed by atoms with Gasteiger partial charge in [-0.05, 0) is 69.3 Å². The lowest BCUT2D eigenvalue weighted by molar-refractivity contribution is 0.158. The summed E-state index contributed by atoms with van der Waals surface area (Å²) < 4.78 is 5.81. The van der Waals surface area contributed by atoms with Crippen molar-refractivity contribution < 1.29 is 4.74 Å². The van der Waals surface area contributed by atoms with Crippen LogP contribution in [0.25, 0.3) is 0 Å². The van der Waals surface area contributed by atoms with Crippen LogP contribution in [0.5, 0.6) is 5.75 Å². The van der Waals surface area contributed by atoms with Crippen LogP contribution in [0.1, 0.15) is 31.2 Å². The first-order valence-electron chi connectivity index (χ1n) is 7.90. The molecule has 2 rings (SSSR count). The standard InChI is InChI=1S/C17H28N2O/c1-15-5-2-7-17(13-15)20-12-4-11-19-10-3-6-16(14-19)8-9-18/h2,5,7,13,16H,3-4,6,8-12,14,18H2,1H3. The van der Waals surface area contributed by atoms with Gasteiger partial charge in [0.05, 0.1) is 6.61 Å². The molecule has 1 aliphatic heterocycles. The number of nitrogens with two attached hydrogens (primary N) is 1. The van der Waals surface area contributed by atoms with E-state index in [0.717, 1.165) is 37.8 Å². The van der Waals surface area contributed by atoms with Gasteiger partial charge in [-0.3, -0.25) is 0 Å². The highest BCUT2D eigenvalue weighted by Gasteiger charge is 2.18. The molecule has 3 nitrogen and oxygen atoms in total. The summed E-state index contributed by atoms with van der Waals surface area (Å²) in [7, 11) is 0. The van der Waals surface area contributed by atoms with Crippen LogP contribution >= 0.6 is 0 Å². The maximum Gasteiger partial charge on any atom is 0.119 e. The number of aryl methyl sites for hydroxylation is 1. The summed E-state index contributed by atoms with van der Waals surface area (Å²) in [6.07, 6.45) is 4.95. The fraction of sp³-hybridized carbons (Fsp3) is 0.647. The van der Waals surface area contributed by atoms with E-state index in [4.69, 9.17) is 10.5 Å². The van der Waals surface area contributed by atoms with Gasteiger partial charge in [0.25, 0.3) is 0 Å². The summed E-state index contributed by atoms with van der Waals surface area (Å²) in [6.45, 7) is 7.34. The average molecular weight is 276 g/mol. The van der Waals surface area contributed by atoms with Crippen molar-refractivity contribution >= 4 is 0 Å². The highest BCUT2D eigenvalue weighted by Crippen LogP contribution is 2.19. The van der Waals surface area contributed by atoms with Crippen LogP contribution < -0.4 is 10.5 Å². The van der Waals surface area contributed by atoms with Gasteiger partial charge in [0.1, 0.15) is 5.75 Å². The second-order valence-electron chi connectivity index (χ2n) is 5.90. The third-order valence-corrected chi connectivity index (χ3v) is 4.05. The monoisotopic (exact) mass is 276 g/mol. The minimum atomic E-state index is 0.807. The predicted octanol–water partition coefficient (Wildman–Crippen LogP) is 2.82. The molecule has 0 aliphatic carbocycles. The highest BCUT2D eigenvalue weighted by molar-refractivity contribution is 5.27. The lowest BCUT2D eigenvalue weighted by Gasteiger charge is -2.32. The van der Waals surface area contributed by atoms with Crippen LogP contribution in [0.4, 0.5) is 0 Å². The third kappa shape index (κ3) is 5.14. The Morgan fingerprint density at radius 3 is 3.10 bits per heavy atom. The first-order valence-corrected chi connectivity index (χ1v) is 7.90. The smallest absolute Gasteiger partial charge is 0.119 e. The van der Waals surface area contributed by atoms with E-state index < -0.39 is 0 Å². The van der Waals surface area contributed by atoms with Crippen molar-refractivity contribution in [3.63, 3.8) is 0 Å². The van der Waals surface area contributed by atoms with Crippen molar-refractivity contribution in [3.8, 4) is 5.75 Å². The minimum absolute atomic E-state index is 0.807. The van der Waals surface area contributed by atoms with Crippen LogP contribution in [-0.4, -0.2) is 37.7 Å². The lowest BCUT2D eigenvalue weighted by Crippen LogP contribution is -2.37. The van der Waals surface area contributed by atoms with Crippen LogP contribution in [0, 0.1) is 12.8 Å². The Balaban J connectivity index is 1.63. The van der Waals surface area contributed by atoms with E-state index in [-0.39, 0.29) is 0 Å². The molecule has 1 aromatic carbocycles. The SMILES string of the molecule is Cc1cccc(OCCCN2CCCC(CCN)C2)c1. The molecule has 1 aromatic rings. The molecule has 0 spiro atoms. The van der Waals surface area contributed by atoms with Gasteiger partial charge in [-0.1, -0.05) is 12.1 Å². The fourth-order valence-electron chi connectivity index (χ4n) is 3.01. The first kappa shape index (κ1) is 15.3. The molecule has 1 atom stereocenters. The van der Waals surface area contributed by atoms with Gasteiger partial charge < -0.3 is 15.4 Å². The molecule has 0 bridgehead atoms. The van der Waals surface area contributed by atoms with Crippen LogP contribution in [-0.2, 0) is 0 Å². The number of piperidine rings is 1. The van der Waals surface area contributed by atoms with E-state index in [1.807, 2.05) is 12.1 Å². The molecule has 0 saturated carbocycles. The van der Waals surface area contributed by atoms with Gasteiger partial charge in [0, 0.05) is 13.1 Å². The van der Waals surface area contributed by atoms with Gasteiger partial charge in [0.15, 0.2) is 0 Å². The molecule has 3 heteroatoms. The van der Waals surface area contributed by atoms with Gasteiger partial charge in [-0.2, -0.15) is 0 Å². The summed E-state index contributed by atoms with van der Waals surface area (Å²) in [5.41, 5.74) is 6.92. The topological polar surface area (TPSA) is 38.5 Å². The van der Waals surface area contributed by atoms with Crippen molar-refractivity contribution in [1.82, 2.24) is 4.90 Å². The van der Waals surface area contributed by atoms with E-state index in [0.29, 0.717) is 0 Å². The van der Waals surface area contributed by atoms with Crippen LogP contribution in [0.2, 0.25) is 0 Å². The predicted molar refractivity (Wildman–Crippen MR) is 84.1 cm³/mol.